The number of methoxy groups -OCH3 is 1. The van der Waals surface area contributed by atoms with Gasteiger partial charge in [0.25, 0.3) is 0 Å². The molecule has 1 N–H and O–H groups in total. The Morgan fingerprint density at radius 1 is 1.22 bits per heavy atom. The van der Waals surface area contributed by atoms with Crippen LogP contribution in [0.4, 0.5) is 13.2 Å². The number of amides is 1. The van der Waals surface area contributed by atoms with Gasteiger partial charge in [0.05, 0.1) is 23.7 Å². The fourth-order valence-corrected chi connectivity index (χ4v) is 7.25. The number of nitrogens with one attached hydrogen (secondary N) is 1. The number of alkyl halides is 3. The number of hydrogen-bond acceptors (Lipinski definition) is 5. The minimum absolute atomic E-state index is 0.00947. The van der Waals surface area contributed by atoms with E-state index in [0.717, 1.165) is 44.0 Å². The summed E-state index contributed by atoms with van der Waals surface area (Å²) in [5, 5.41) is 3.81. The highest BCUT2D eigenvalue weighted by atomic mass is 19.4. The molecule has 1 aromatic rings. The molecule has 4 fully saturated rings. The first kappa shape index (κ1) is 24.6. The fraction of sp³-hybridized carbons (Fsp3) is 0.741. The van der Waals surface area contributed by atoms with E-state index >= 15 is 0 Å². The Morgan fingerprint density at radius 2 is 2.06 bits per heavy atom. The van der Waals surface area contributed by atoms with Gasteiger partial charge >= 0.3 is 6.18 Å². The van der Waals surface area contributed by atoms with Gasteiger partial charge in [0.1, 0.15) is 0 Å². The van der Waals surface area contributed by atoms with Crippen molar-refractivity contribution in [3.05, 3.63) is 34.9 Å². The molecule has 0 aromatic heterocycles. The largest absolute Gasteiger partial charge is 0.416 e. The summed E-state index contributed by atoms with van der Waals surface area (Å²) in [6, 6.07) is 5.02. The molecule has 1 amide bonds. The Labute approximate surface area is 210 Å². The van der Waals surface area contributed by atoms with E-state index in [-0.39, 0.29) is 36.6 Å². The van der Waals surface area contributed by atoms with Crippen molar-refractivity contribution in [2.75, 3.05) is 40.0 Å². The van der Waals surface area contributed by atoms with E-state index in [1.54, 1.807) is 13.2 Å². The van der Waals surface area contributed by atoms with Crippen molar-refractivity contribution in [3.63, 3.8) is 0 Å². The van der Waals surface area contributed by atoms with Gasteiger partial charge in [-0.3, -0.25) is 9.69 Å². The molecule has 0 bridgehead atoms. The number of benzene rings is 1. The van der Waals surface area contributed by atoms with E-state index in [1.807, 2.05) is 4.90 Å². The van der Waals surface area contributed by atoms with Crippen molar-refractivity contribution < 1.29 is 27.4 Å². The lowest BCUT2D eigenvalue weighted by molar-refractivity contribution is -0.144. The maximum atomic E-state index is 14.2. The van der Waals surface area contributed by atoms with E-state index in [4.69, 9.17) is 9.47 Å². The topological polar surface area (TPSA) is 54.0 Å². The molecule has 0 spiro atoms. The zero-order valence-electron chi connectivity index (χ0n) is 20.9. The van der Waals surface area contributed by atoms with Crippen LogP contribution < -0.4 is 5.32 Å². The molecule has 6 rings (SSSR count). The zero-order chi connectivity index (χ0) is 25.1. The lowest BCUT2D eigenvalue weighted by atomic mass is 9.78. The third-order valence-corrected chi connectivity index (χ3v) is 9.28. The molecule has 5 atom stereocenters. The number of hydrogen-bond donors (Lipinski definition) is 1. The number of nitrogens with zero attached hydrogens (tertiary/aromatic N) is 2. The summed E-state index contributed by atoms with van der Waals surface area (Å²) in [6.07, 6.45) is 1.25. The Bertz CT molecular complexity index is 1000. The fourth-order valence-electron chi connectivity index (χ4n) is 7.25. The van der Waals surface area contributed by atoms with Crippen molar-refractivity contribution in [1.29, 1.82) is 0 Å². The molecule has 9 heteroatoms. The Kier molecular flexibility index (Phi) is 6.34. The third kappa shape index (κ3) is 4.46. The third-order valence-electron chi connectivity index (χ3n) is 9.28. The van der Waals surface area contributed by atoms with Gasteiger partial charge in [-0.05, 0) is 67.7 Å². The lowest BCUT2D eigenvalue weighted by Gasteiger charge is -2.38. The molecule has 2 unspecified atom stereocenters. The molecule has 3 heterocycles. The molecule has 2 saturated carbocycles. The number of carbonyl (C=O) groups is 1. The molecule has 2 aliphatic carbocycles. The van der Waals surface area contributed by atoms with E-state index in [1.165, 1.54) is 18.9 Å². The number of likely N-dealkylation sites (tertiary alicyclic amines) is 1. The molecule has 6 nitrogen and oxygen atoms in total. The Morgan fingerprint density at radius 3 is 2.81 bits per heavy atom. The molecule has 1 aromatic carbocycles. The summed E-state index contributed by atoms with van der Waals surface area (Å²) >= 11 is 0. The predicted octanol–water partition coefficient (Wildman–Crippen LogP) is 3.23. The van der Waals surface area contributed by atoms with Crippen molar-refractivity contribution >= 4 is 5.91 Å². The van der Waals surface area contributed by atoms with E-state index in [0.29, 0.717) is 37.8 Å². The number of fused-ring (bicyclic) bond motifs is 2. The summed E-state index contributed by atoms with van der Waals surface area (Å²) < 4.78 is 51.2. The average molecular weight is 508 g/mol. The van der Waals surface area contributed by atoms with Crippen LogP contribution in [-0.4, -0.2) is 79.9 Å². The second kappa shape index (κ2) is 9.26. The summed E-state index contributed by atoms with van der Waals surface area (Å²) in [6.45, 7) is 3.83. The Hall–Kier alpha value is -1.68. The van der Waals surface area contributed by atoms with Crippen LogP contribution in [0, 0.1) is 11.3 Å². The first-order chi connectivity index (χ1) is 17.3. The van der Waals surface area contributed by atoms with Crippen LogP contribution >= 0.6 is 0 Å². The SMILES string of the molecule is COC1COCCC1N[C@@H]1C[C@H]2CN(C3CC3)C[C@@]2(C(=O)N2CCc3ccc(C(F)(F)F)cc3C2)C1. The van der Waals surface area contributed by atoms with Gasteiger partial charge in [0.15, 0.2) is 0 Å². The van der Waals surface area contributed by atoms with Crippen LogP contribution in [0.5, 0.6) is 0 Å². The maximum absolute atomic E-state index is 14.2. The number of ether oxygens (including phenoxy) is 2. The molecule has 5 aliphatic rings. The first-order valence-corrected chi connectivity index (χ1v) is 13.4. The van der Waals surface area contributed by atoms with Crippen LogP contribution in [-0.2, 0) is 33.4 Å². The molecular formula is C27H36F3N3O3. The van der Waals surface area contributed by atoms with Gasteiger partial charge < -0.3 is 19.7 Å². The molecule has 3 aliphatic heterocycles. The van der Waals surface area contributed by atoms with Gasteiger partial charge in [-0.1, -0.05) is 6.07 Å². The van der Waals surface area contributed by atoms with E-state index in [9.17, 15) is 18.0 Å². The van der Waals surface area contributed by atoms with Crippen molar-refractivity contribution in [1.82, 2.24) is 15.1 Å². The van der Waals surface area contributed by atoms with E-state index < -0.39 is 17.2 Å². The van der Waals surface area contributed by atoms with Crippen LogP contribution in [0.3, 0.4) is 0 Å². The molecular weight excluding hydrogens is 471 g/mol. The van der Waals surface area contributed by atoms with Crippen LogP contribution in [0.25, 0.3) is 0 Å². The van der Waals surface area contributed by atoms with Gasteiger partial charge in [-0.2, -0.15) is 13.2 Å². The van der Waals surface area contributed by atoms with Crippen LogP contribution in [0.2, 0.25) is 0 Å². The lowest BCUT2D eigenvalue weighted by Crippen LogP contribution is -2.52. The van der Waals surface area contributed by atoms with E-state index in [2.05, 4.69) is 10.2 Å². The van der Waals surface area contributed by atoms with Gasteiger partial charge in [0, 0.05) is 58.0 Å². The monoisotopic (exact) mass is 507 g/mol. The molecule has 0 radical (unpaired) electrons. The quantitative estimate of drug-likeness (QED) is 0.664. The minimum atomic E-state index is -4.38. The van der Waals surface area contributed by atoms with Crippen LogP contribution in [0.15, 0.2) is 18.2 Å². The van der Waals surface area contributed by atoms with Crippen molar-refractivity contribution in [2.24, 2.45) is 11.3 Å². The molecule has 198 valence electrons. The minimum Gasteiger partial charge on any atom is -0.379 e. The zero-order valence-corrected chi connectivity index (χ0v) is 20.9. The van der Waals surface area contributed by atoms with Crippen molar-refractivity contribution in [2.45, 2.75) is 75.5 Å². The highest BCUT2D eigenvalue weighted by Crippen LogP contribution is 2.52. The van der Waals surface area contributed by atoms with Gasteiger partial charge in [0.2, 0.25) is 5.91 Å². The summed E-state index contributed by atoms with van der Waals surface area (Å²) in [5.74, 6) is 0.408. The van der Waals surface area contributed by atoms with Crippen molar-refractivity contribution in [3.8, 4) is 0 Å². The molecule has 2 saturated heterocycles. The maximum Gasteiger partial charge on any atom is 0.416 e. The predicted molar refractivity (Wildman–Crippen MR) is 127 cm³/mol. The highest BCUT2D eigenvalue weighted by molar-refractivity contribution is 5.85. The standard InChI is InChI=1S/C27H36F3N3O3/c1-35-24-15-36-9-7-23(24)31-21-11-20-14-33(22-4-5-22)16-26(20,12-21)25(34)32-8-6-17-2-3-19(27(28,29)30)10-18(17)13-32/h2-3,10,20-24,31H,4-9,11-16H2,1H3/t20-,21+,23?,24?,26-/m0/s1. The average Bonchev–Trinajstić information content (AvgIpc) is 3.57. The number of rotatable bonds is 5. The summed E-state index contributed by atoms with van der Waals surface area (Å²) in [7, 11) is 1.72. The number of carbonyl (C=O) groups excluding carboxylic acids is 1. The van der Waals surface area contributed by atoms with Gasteiger partial charge in [-0.15, -0.1) is 0 Å². The second-order valence-electron chi connectivity index (χ2n) is 11.5. The Balaban J connectivity index is 1.21. The smallest absolute Gasteiger partial charge is 0.379 e. The summed E-state index contributed by atoms with van der Waals surface area (Å²) in [4.78, 5) is 18.6. The molecule has 36 heavy (non-hydrogen) atoms. The van der Waals surface area contributed by atoms with Gasteiger partial charge in [-0.25, -0.2) is 0 Å². The first-order valence-electron chi connectivity index (χ1n) is 13.4. The number of halogens is 3. The second-order valence-corrected chi connectivity index (χ2v) is 11.5. The normalized spacial score (nSPS) is 35.1. The summed E-state index contributed by atoms with van der Waals surface area (Å²) in [5.41, 5.74) is 0.449. The van der Waals surface area contributed by atoms with Crippen LogP contribution in [0.1, 0.15) is 48.8 Å². The highest BCUT2D eigenvalue weighted by Gasteiger charge is 2.60.